The second-order valence-corrected chi connectivity index (χ2v) is 8.13. The maximum absolute atomic E-state index is 10.7. The van der Waals surface area contributed by atoms with E-state index in [0.29, 0.717) is 0 Å². The van der Waals surface area contributed by atoms with Crippen molar-refractivity contribution in [2.75, 3.05) is 31.1 Å². The third kappa shape index (κ3) is 3.77. The minimum absolute atomic E-state index is 0.652. The average molecular weight is 372 g/mol. The number of rotatable bonds is 5. The first-order chi connectivity index (χ1) is 12.3. The highest BCUT2D eigenvalue weighted by Gasteiger charge is 2.23. The number of nitrogens with zero attached hydrogens (tertiary/aromatic N) is 3. The fourth-order valence-corrected chi connectivity index (χ4v) is 4.66. The number of aliphatic hydroxyl groups excluding tert-OH is 1. The summed E-state index contributed by atoms with van der Waals surface area (Å²) < 4.78 is 0. The highest BCUT2D eigenvalue weighted by Crippen LogP contribution is 2.32. The molecule has 4 nitrogen and oxygen atoms in total. The molecule has 25 heavy (non-hydrogen) atoms. The van der Waals surface area contributed by atoms with Gasteiger partial charge in [0.05, 0.1) is 0 Å². The third-order valence-electron chi connectivity index (χ3n) is 4.59. The minimum atomic E-state index is -0.652. The molecule has 130 valence electrons. The van der Waals surface area contributed by atoms with Crippen molar-refractivity contribution in [2.24, 2.45) is 0 Å². The van der Waals surface area contributed by atoms with E-state index < -0.39 is 6.10 Å². The molecule has 1 N–H and O–H groups in total. The van der Waals surface area contributed by atoms with Crippen LogP contribution in [0.2, 0.25) is 0 Å². The zero-order valence-corrected chi connectivity index (χ0v) is 15.5. The maximum Gasteiger partial charge on any atom is 0.132 e. The Bertz CT molecular complexity index is 781. The lowest BCUT2D eigenvalue weighted by atomic mass is 10.1. The summed E-state index contributed by atoms with van der Waals surface area (Å²) in [5.41, 5.74) is 2.07. The SMILES string of the molecule is O[C@H](c1nccs1)c1ccccc1N1CCN(Cc2cccs2)CC1. The van der Waals surface area contributed by atoms with Gasteiger partial charge in [0.1, 0.15) is 11.1 Å². The van der Waals surface area contributed by atoms with E-state index in [1.54, 1.807) is 6.20 Å². The average Bonchev–Trinajstić information content (AvgIpc) is 3.36. The number of thiazole rings is 1. The van der Waals surface area contributed by atoms with Gasteiger partial charge in [0.15, 0.2) is 0 Å². The molecule has 0 spiro atoms. The van der Waals surface area contributed by atoms with Crippen LogP contribution in [0.25, 0.3) is 0 Å². The van der Waals surface area contributed by atoms with Crippen LogP contribution in [-0.4, -0.2) is 41.2 Å². The lowest BCUT2D eigenvalue weighted by Gasteiger charge is -2.37. The predicted octanol–water partition coefficient (Wildman–Crippen LogP) is 3.61. The molecule has 3 aromatic rings. The van der Waals surface area contributed by atoms with Gasteiger partial charge in [-0.3, -0.25) is 4.90 Å². The predicted molar refractivity (Wildman–Crippen MR) is 104 cm³/mol. The van der Waals surface area contributed by atoms with Gasteiger partial charge < -0.3 is 10.0 Å². The van der Waals surface area contributed by atoms with Crippen LogP contribution in [0.3, 0.4) is 0 Å². The molecule has 0 unspecified atom stereocenters. The standard InChI is InChI=1S/C19H21N3OS2/c23-18(19-20-7-13-25-19)16-5-1-2-6-17(16)22-10-8-21(9-11-22)14-15-4-3-12-24-15/h1-7,12-13,18,23H,8-11,14H2/t18-/m0/s1. The van der Waals surface area contributed by atoms with Gasteiger partial charge in [-0.25, -0.2) is 4.98 Å². The van der Waals surface area contributed by atoms with Gasteiger partial charge in [0.25, 0.3) is 0 Å². The van der Waals surface area contributed by atoms with Crippen LogP contribution >= 0.6 is 22.7 Å². The number of piperazine rings is 1. The highest BCUT2D eigenvalue weighted by molar-refractivity contribution is 7.10. The quantitative estimate of drug-likeness (QED) is 0.744. The van der Waals surface area contributed by atoms with Gasteiger partial charge >= 0.3 is 0 Å². The molecule has 0 bridgehead atoms. The Morgan fingerprint density at radius 1 is 1.00 bits per heavy atom. The van der Waals surface area contributed by atoms with Crippen LogP contribution in [0, 0.1) is 0 Å². The summed E-state index contributed by atoms with van der Waals surface area (Å²) >= 11 is 3.32. The van der Waals surface area contributed by atoms with E-state index in [1.807, 2.05) is 34.9 Å². The van der Waals surface area contributed by atoms with Crippen molar-refractivity contribution in [1.82, 2.24) is 9.88 Å². The van der Waals surface area contributed by atoms with Gasteiger partial charge in [0.2, 0.25) is 0 Å². The Kier molecular flexibility index (Phi) is 5.12. The number of benzene rings is 1. The summed E-state index contributed by atoms with van der Waals surface area (Å²) in [6, 6.07) is 12.5. The lowest BCUT2D eigenvalue weighted by molar-refractivity contribution is 0.218. The van der Waals surface area contributed by atoms with E-state index >= 15 is 0 Å². The first-order valence-electron chi connectivity index (χ1n) is 8.47. The van der Waals surface area contributed by atoms with E-state index in [-0.39, 0.29) is 0 Å². The zero-order chi connectivity index (χ0) is 17.1. The van der Waals surface area contributed by atoms with Crippen LogP contribution in [0.15, 0.2) is 53.4 Å². The molecule has 1 fully saturated rings. The van der Waals surface area contributed by atoms with Crippen molar-refractivity contribution < 1.29 is 5.11 Å². The largest absolute Gasteiger partial charge is 0.381 e. The number of aromatic nitrogens is 1. The number of hydrogen-bond acceptors (Lipinski definition) is 6. The van der Waals surface area contributed by atoms with Crippen molar-refractivity contribution in [1.29, 1.82) is 0 Å². The van der Waals surface area contributed by atoms with Crippen molar-refractivity contribution in [3.63, 3.8) is 0 Å². The van der Waals surface area contributed by atoms with Crippen LogP contribution < -0.4 is 4.90 Å². The molecule has 1 saturated heterocycles. The summed E-state index contributed by atoms with van der Waals surface area (Å²) in [4.78, 5) is 10.6. The van der Waals surface area contributed by atoms with Crippen molar-refractivity contribution in [2.45, 2.75) is 12.6 Å². The topological polar surface area (TPSA) is 39.6 Å². The van der Waals surface area contributed by atoms with Gasteiger partial charge in [0, 0.05) is 60.4 Å². The highest BCUT2D eigenvalue weighted by atomic mass is 32.1. The first-order valence-corrected chi connectivity index (χ1v) is 10.2. The fraction of sp³-hybridized carbons (Fsp3) is 0.316. The van der Waals surface area contributed by atoms with Gasteiger partial charge in [-0.15, -0.1) is 22.7 Å². The summed E-state index contributed by atoms with van der Waals surface area (Å²) in [5.74, 6) is 0. The molecule has 1 aliphatic heterocycles. The molecular weight excluding hydrogens is 350 g/mol. The van der Waals surface area contributed by atoms with Crippen LogP contribution in [-0.2, 0) is 6.54 Å². The molecule has 1 atom stereocenters. The summed E-state index contributed by atoms with van der Waals surface area (Å²) in [7, 11) is 0. The van der Waals surface area contributed by atoms with Crippen molar-refractivity contribution >= 4 is 28.4 Å². The van der Waals surface area contributed by atoms with Gasteiger partial charge in [-0.2, -0.15) is 0 Å². The van der Waals surface area contributed by atoms with Gasteiger partial charge in [-0.05, 0) is 17.5 Å². The van der Waals surface area contributed by atoms with E-state index in [9.17, 15) is 5.11 Å². The van der Waals surface area contributed by atoms with Crippen molar-refractivity contribution in [3.05, 3.63) is 68.8 Å². The van der Waals surface area contributed by atoms with E-state index in [0.717, 1.165) is 49.0 Å². The minimum Gasteiger partial charge on any atom is -0.381 e. The second kappa shape index (κ2) is 7.66. The number of aliphatic hydroxyl groups is 1. The smallest absolute Gasteiger partial charge is 0.132 e. The maximum atomic E-state index is 10.7. The Balaban J connectivity index is 1.46. The molecule has 3 heterocycles. The van der Waals surface area contributed by atoms with Crippen LogP contribution in [0.5, 0.6) is 0 Å². The number of hydrogen-bond donors (Lipinski definition) is 1. The molecule has 2 aromatic heterocycles. The molecule has 0 aliphatic carbocycles. The normalized spacial score (nSPS) is 16.9. The van der Waals surface area contributed by atoms with Crippen LogP contribution in [0.4, 0.5) is 5.69 Å². The lowest BCUT2D eigenvalue weighted by Crippen LogP contribution is -2.46. The summed E-state index contributed by atoms with van der Waals surface area (Å²) in [6.45, 7) is 5.08. The Morgan fingerprint density at radius 3 is 2.56 bits per heavy atom. The second-order valence-electron chi connectivity index (χ2n) is 6.17. The third-order valence-corrected chi connectivity index (χ3v) is 6.28. The molecule has 0 saturated carbocycles. The summed E-state index contributed by atoms with van der Waals surface area (Å²) in [6.07, 6.45) is 1.09. The zero-order valence-electron chi connectivity index (χ0n) is 13.9. The molecule has 1 aromatic carbocycles. The number of para-hydroxylation sites is 1. The molecular formula is C19H21N3OS2. The van der Waals surface area contributed by atoms with E-state index in [2.05, 4.69) is 38.4 Å². The monoisotopic (exact) mass is 371 g/mol. The van der Waals surface area contributed by atoms with Crippen LogP contribution in [0.1, 0.15) is 21.6 Å². The molecule has 1 aliphatic rings. The molecule has 4 rings (SSSR count). The van der Waals surface area contributed by atoms with E-state index in [4.69, 9.17) is 0 Å². The Labute approximate surface area is 156 Å². The fourth-order valence-electron chi connectivity index (χ4n) is 3.28. The number of thiophene rings is 1. The molecule has 0 amide bonds. The molecule has 0 radical (unpaired) electrons. The Hall–Kier alpha value is -1.73. The van der Waals surface area contributed by atoms with Gasteiger partial charge in [-0.1, -0.05) is 24.3 Å². The Morgan fingerprint density at radius 2 is 1.84 bits per heavy atom. The number of anilines is 1. The molecule has 6 heteroatoms. The van der Waals surface area contributed by atoms with Crippen molar-refractivity contribution in [3.8, 4) is 0 Å². The first kappa shape index (κ1) is 16.7. The summed E-state index contributed by atoms with van der Waals surface area (Å²) in [5, 5.41) is 15.5. The van der Waals surface area contributed by atoms with E-state index in [1.165, 1.54) is 16.2 Å².